The number of furan rings is 1. The summed E-state index contributed by atoms with van der Waals surface area (Å²) in [7, 11) is 0. The summed E-state index contributed by atoms with van der Waals surface area (Å²) in [5.41, 5.74) is 12.0. The standard InChI is InChI=1S/C17H18N2O2/c1-4-14-13(7-8-20-14)16-15(17(18)21-19-16)12-6-5-10(2)11(3)9-12/h5-9H,4,18H2,1-3H3. The molecule has 0 aliphatic rings. The Kier molecular flexibility index (Phi) is 3.29. The van der Waals surface area contributed by atoms with Crippen molar-refractivity contribution in [3.05, 3.63) is 47.4 Å². The van der Waals surface area contributed by atoms with Gasteiger partial charge in [-0.2, -0.15) is 0 Å². The van der Waals surface area contributed by atoms with Crippen LogP contribution in [-0.2, 0) is 6.42 Å². The van der Waals surface area contributed by atoms with Crippen LogP contribution in [0, 0.1) is 13.8 Å². The summed E-state index contributed by atoms with van der Waals surface area (Å²) in [5, 5.41) is 4.14. The number of hydrogen-bond donors (Lipinski definition) is 1. The molecule has 21 heavy (non-hydrogen) atoms. The van der Waals surface area contributed by atoms with Crippen LogP contribution < -0.4 is 5.73 Å². The third-order valence-corrected chi connectivity index (χ3v) is 3.84. The number of hydrogen-bond acceptors (Lipinski definition) is 4. The molecule has 0 amide bonds. The number of nitrogens with zero attached hydrogens (tertiary/aromatic N) is 1. The Labute approximate surface area is 123 Å². The van der Waals surface area contributed by atoms with Crippen LogP contribution >= 0.6 is 0 Å². The highest BCUT2D eigenvalue weighted by Gasteiger charge is 2.21. The Balaban J connectivity index is 2.19. The van der Waals surface area contributed by atoms with Gasteiger partial charge in [0, 0.05) is 12.0 Å². The number of nitrogen functional groups attached to an aromatic ring is 1. The molecule has 1 aromatic carbocycles. The minimum atomic E-state index is 0.330. The fourth-order valence-corrected chi connectivity index (χ4v) is 2.49. The molecule has 0 atom stereocenters. The van der Waals surface area contributed by atoms with E-state index in [-0.39, 0.29) is 0 Å². The first-order chi connectivity index (χ1) is 10.1. The number of rotatable bonds is 3. The molecule has 0 aliphatic heterocycles. The first kappa shape index (κ1) is 13.5. The minimum absolute atomic E-state index is 0.330. The van der Waals surface area contributed by atoms with E-state index in [1.165, 1.54) is 11.1 Å². The van der Waals surface area contributed by atoms with Crippen LogP contribution in [0.2, 0.25) is 0 Å². The van der Waals surface area contributed by atoms with Crippen LogP contribution in [0.1, 0.15) is 23.8 Å². The zero-order chi connectivity index (χ0) is 15.0. The van der Waals surface area contributed by atoms with Gasteiger partial charge in [0.25, 0.3) is 0 Å². The van der Waals surface area contributed by atoms with Gasteiger partial charge < -0.3 is 14.7 Å². The van der Waals surface area contributed by atoms with Crippen molar-refractivity contribution in [2.75, 3.05) is 5.73 Å². The van der Waals surface area contributed by atoms with Gasteiger partial charge in [-0.05, 0) is 36.6 Å². The molecule has 4 heteroatoms. The number of aromatic nitrogens is 1. The average Bonchev–Trinajstić information content (AvgIpc) is 3.07. The van der Waals surface area contributed by atoms with Gasteiger partial charge in [-0.15, -0.1) is 0 Å². The normalized spacial score (nSPS) is 11.0. The second kappa shape index (κ2) is 5.13. The summed E-state index contributed by atoms with van der Waals surface area (Å²) >= 11 is 0. The van der Waals surface area contributed by atoms with E-state index in [2.05, 4.69) is 31.1 Å². The lowest BCUT2D eigenvalue weighted by Gasteiger charge is -2.06. The second-order valence-electron chi connectivity index (χ2n) is 5.18. The molecular formula is C17H18N2O2. The molecule has 0 fully saturated rings. The third-order valence-electron chi connectivity index (χ3n) is 3.84. The highest BCUT2D eigenvalue weighted by molar-refractivity contribution is 5.87. The van der Waals surface area contributed by atoms with Crippen molar-refractivity contribution in [2.45, 2.75) is 27.2 Å². The SMILES string of the molecule is CCc1occc1-c1noc(N)c1-c1ccc(C)c(C)c1. The molecule has 0 radical (unpaired) electrons. The summed E-state index contributed by atoms with van der Waals surface area (Å²) in [6, 6.07) is 8.13. The molecule has 0 aliphatic carbocycles. The first-order valence-corrected chi connectivity index (χ1v) is 7.01. The van der Waals surface area contributed by atoms with E-state index in [1.807, 2.05) is 19.1 Å². The lowest BCUT2D eigenvalue weighted by atomic mass is 9.97. The zero-order valence-corrected chi connectivity index (χ0v) is 12.4. The molecule has 0 saturated carbocycles. The highest BCUT2D eigenvalue weighted by atomic mass is 16.5. The molecule has 3 aromatic rings. The van der Waals surface area contributed by atoms with E-state index >= 15 is 0 Å². The van der Waals surface area contributed by atoms with Crippen molar-refractivity contribution in [2.24, 2.45) is 0 Å². The van der Waals surface area contributed by atoms with Gasteiger partial charge >= 0.3 is 0 Å². The molecule has 2 N–H and O–H groups in total. The van der Waals surface area contributed by atoms with E-state index in [1.54, 1.807) is 6.26 Å². The van der Waals surface area contributed by atoms with Crippen LogP contribution in [0.15, 0.2) is 39.5 Å². The van der Waals surface area contributed by atoms with Gasteiger partial charge in [-0.3, -0.25) is 0 Å². The predicted molar refractivity (Wildman–Crippen MR) is 82.9 cm³/mol. The minimum Gasteiger partial charge on any atom is -0.469 e. The van der Waals surface area contributed by atoms with Crippen LogP contribution in [0.5, 0.6) is 0 Å². The van der Waals surface area contributed by atoms with E-state index in [0.717, 1.165) is 34.6 Å². The fraction of sp³-hybridized carbons (Fsp3) is 0.235. The third kappa shape index (κ3) is 2.23. The molecule has 2 heterocycles. The van der Waals surface area contributed by atoms with Crippen LogP contribution in [0.25, 0.3) is 22.4 Å². The molecule has 0 unspecified atom stereocenters. The van der Waals surface area contributed by atoms with Crippen molar-refractivity contribution in [1.82, 2.24) is 5.16 Å². The molecule has 4 nitrogen and oxygen atoms in total. The average molecular weight is 282 g/mol. The summed E-state index contributed by atoms with van der Waals surface area (Å²) in [5.74, 6) is 1.21. The molecule has 108 valence electrons. The van der Waals surface area contributed by atoms with Gasteiger partial charge in [-0.25, -0.2) is 0 Å². The maximum absolute atomic E-state index is 6.00. The summed E-state index contributed by atoms with van der Waals surface area (Å²) in [4.78, 5) is 0. The molecular weight excluding hydrogens is 264 g/mol. The highest BCUT2D eigenvalue weighted by Crippen LogP contribution is 2.38. The van der Waals surface area contributed by atoms with Gasteiger partial charge in [0.2, 0.25) is 5.88 Å². The van der Waals surface area contributed by atoms with Crippen molar-refractivity contribution in [3.63, 3.8) is 0 Å². The fourth-order valence-electron chi connectivity index (χ4n) is 2.49. The number of benzene rings is 1. The van der Waals surface area contributed by atoms with Gasteiger partial charge in [0.15, 0.2) is 0 Å². The maximum Gasteiger partial charge on any atom is 0.230 e. The summed E-state index contributed by atoms with van der Waals surface area (Å²) in [6.07, 6.45) is 2.46. The maximum atomic E-state index is 6.00. The Bertz CT molecular complexity index is 784. The quantitative estimate of drug-likeness (QED) is 0.775. The smallest absolute Gasteiger partial charge is 0.230 e. The van der Waals surface area contributed by atoms with Crippen LogP contribution in [-0.4, -0.2) is 5.16 Å². The topological polar surface area (TPSA) is 65.2 Å². The largest absolute Gasteiger partial charge is 0.469 e. The van der Waals surface area contributed by atoms with Gasteiger partial charge in [0.05, 0.1) is 11.8 Å². The zero-order valence-electron chi connectivity index (χ0n) is 12.4. The van der Waals surface area contributed by atoms with Crippen molar-refractivity contribution in [1.29, 1.82) is 0 Å². The Morgan fingerprint density at radius 3 is 2.67 bits per heavy atom. The monoisotopic (exact) mass is 282 g/mol. The number of anilines is 1. The first-order valence-electron chi connectivity index (χ1n) is 7.01. The van der Waals surface area contributed by atoms with Gasteiger partial charge in [-0.1, -0.05) is 30.3 Å². The van der Waals surface area contributed by atoms with E-state index < -0.39 is 0 Å². The van der Waals surface area contributed by atoms with E-state index in [0.29, 0.717) is 5.88 Å². The lowest BCUT2D eigenvalue weighted by molar-refractivity contribution is 0.439. The Morgan fingerprint density at radius 2 is 1.95 bits per heavy atom. The van der Waals surface area contributed by atoms with Gasteiger partial charge in [0.1, 0.15) is 11.5 Å². The Hall–Kier alpha value is -2.49. The van der Waals surface area contributed by atoms with Crippen LogP contribution in [0.4, 0.5) is 5.88 Å². The van der Waals surface area contributed by atoms with E-state index in [9.17, 15) is 0 Å². The van der Waals surface area contributed by atoms with Crippen molar-refractivity contribution >= 4 is 5.88 Å². The van der Waals surface area contributed by atoms with Crippen molar-refractivity contribution < 1.29 is 8.94 Å². The number of nitrogens with two attached hydrogens (primary N) is 1. The second-order valence-corrected chi connectivity index (χ2v) is 5.18. The summed E-state index contributed by atoms with van der Waals surface area (Å²) in [6.45, 7) is 6.21. The molecule has 0 spiro atoms. The van der Waals surface area contributed by atoms with Crippen LogP contribution in [0.3, 0.4) is 0 Å². The Morgan fingerprint density at radius 1 is 1.14 bits per heavy atom. The molecule has 3 rings (SSSR count). The number of aryl methyl sites for hydroxylation is 3. The summed E-state index contributed by atoms with van der Waals surface area (Å²) < 4.78 is 10.7. The van der Waals surface area contributed by atoms with Crippen molar-refractivity contribution in [3.8, 4) is 22.4 Å². The molecule has 2 aromatic heterocycles. The lowest BCUT2D eigenvalue weighted by Crippen LogP contribution is -1.90. The van der Waals surface area contributed by atoms with E-state index in [4.69, 9.17) is 14.7 Å². The molecule has 0 bridgehead atoms. The molecule has 0 saturated heterocycles. The predicted octanol–water partition coefficient (Wildman–Crippen LogP) is 4.36.